The zero-order valence-electron chi connectivity index (χ0n) is 13.0. The van der Waals surface area contributed by atoms with Gasteiger partial charge < -0.3 is 9.47 Å². The monoisotopic (exact) mass is 340 g/mol. The summed E-state index contributed by atoms with van der Waals surface area (Å²) >= 11 is 0. The SMILES string of the molecule is COC(=O)C1(c2nccc(CS(=O)(=O)C3CC3)n2)CCOCC1. The van der Waals surface area contributed by atoms with E-state index in [0.29, 0.717) is 37.6 Å². The Morgan fingerprint density at radius 3 is 2.70 bits per heavy atom. The summed E-state index contributed by atoms with van der Waals surface area (Å²) in [7, 11) is -1.83. The first kappa shape index (κ1) is 16.3. The molecule has 8 heteroatoms. The number of carbonyl (C=O) groups excluding carboxylic acids is 1. The largest absolute Gasteiger partial charge is 0.468 e. The molecule has 126 valence electrons. The van der Waals surface area contributed by atoms with E-state index in [9.17, 15) is 13.2 Å². The fraction of sp³-hybridized carbons (Fsp3) is 0.667. The molecule has 0 aromatic carbocycles. The molecule has 0 amide bonds. The standard InChI is InChI=1S/C15H20N2O5S/c1-21-14(18)15(5-8-22-9-6-15)13-16-7-4-11(17-13)10-23(19,20)12-2-3-12/h4,7,12H,2-3,5-6,8-10H2,1H3. The Hall–Kier alpha value is -1.54. The minimum absolute atomic E-state index is 0.110. The van der Waals surface area contributed by atoms with E-state index < -0.39 is 21.2 Å². The van der Waals surface area contributed by atoms with Crippen LogP contribution in [0.2, 0.25) is 0 Å². The Bertz CT molecular complexity index is 694. The van der Waals surface area contributed by atoms with Crippen molar-refractivity contribution in [3.05, 3.63) is 23.8 Å². The topological polar surface area (TPSA) is 95.5 Å². The van der Waals surface area contributed by atoms with Gasteiger partial charge in [0.25, 0.3) is 0 Å². The number of methoxy groups -OCH3 is 1. The van der Waals surface area contributed by atoms with Crippen molar-refractivity contribution in [2.24, 2.45) is 0 Å². The molecule has 0 N–H and O–H groups in total. The Labute approximate surface area is 135 Å². The van der Waals surface area contributed by atoms with Gasteiger partial charge in [0.15, 0.2) is 9.84 Å². The molecule has 1 saturated carbocycles. The second-order valence-corrected chi connectivity index (χ2v) is 8.35. The van der Waals surface area contributed by atoms with Crippen LogP contribution in [-0.4, -0.2) is 49.9 Å². The molecule has 1 aromatic heterocycles. The maximum atomic E-state index is 12.3. The average Bonchev–Trinajstić information content (AvgIpc) is 3.40. The lowest BCUT2D eigenvalue weighted by Crippen LogP contribution is -2.43. The molecule has 0 radical (unpaired) electrons. The van der Waals surface area contributed by atoms with Gasteiger partial charge in [-0.2, -0.15) is 0 Å². The number of nitrogens with zero attached hydrogens (tertiary/aromatic N) is 2. The number of aromatic nitrogens is 2. The molecule has 0 unspecified atom stereocenters. The van der Waals surface area contributed by atoms with Crippen LogP contribution < -0.4 is 0 Å². The van der Waals surface area contributed by atoms with Crippen LogP contribution in [-0.2, 0) is 35.3 Å². The van der Waals surface area contributed by atoms with Gasteiger partial charge in [-0.1, -0.05) is 0 Å². The fourth-order valence-corrected chi connectivity index (χ4v) is 4.56. The molecule has 0 spiro atoms. The van der Waals surface area contributed by atoms with Crippen molar-refractivity contribution >= 4 is 15.8 Å². The number of carbonyl (C=O) groups is 1. The van der Waals surface area contributed by atoms with Gasteiger partial charge >= 0.3 is 5.97 Å². The van der Waals surface area contributed by atoms with Gasteiger partial charge in [-0.3, -0.25) is 4.79 Å². The first-order chi connectivity index (χ1) is 11.0. The fourth-order valence-electron chi connectivity index (χ4n) is 2.89. The van der Waals surface area contributed by atoms with E-state index in [1.54, 1.807) is 6.07 Å². The van der Waals surface area contributed by atoms with E-state index in [-0.39, 0.29) is 11.0 Å². The zero-order valence-corrected chi connectivity index (χ0v) is 13.8. The molecule has 1 aliphatic heterocycles. The average molecular weight is 340 g/mol. The second-order valence-electron chi connectivity index (χ2n) is 6.06. The molecule has 1 saturated heterocycles. The van der Waals surface area contributed by atoms with Gasteiger partial charge in [0.05, 0.1) is 23.8 Å². The van der Waals surface area contributed by atoms with Crippen molar-refractivity contribution in [2.75, 3.05) is 20.3 Å². The molecule has 2 fully saturated rings. The van der Waals surface area contributed by atoms with Crippen LogP contribution in [0.25, 0.3) is 0 Å². The summed E-state index contributed by atoms with van der Waals surface area (Å²) in [5.74, 6) is -0.180. The molecule has 1 aliphatic carbocycles. The van der Waals surface area contributed by atoms with Crippen LogP contribution in [0.1, 0.15) is 37.2 Å². The lowest BCUT2D eigenvalue weighted by atomic mass is 9.79. The van der Waals surface area contributed by atoms with E-state index in [4.69, 9.17) is 9.47 Å². The van der Waals surface area contributed by atoms with E-state index in [2.05, 4.69) is 9.97 Å². The summed E-state index contributed by atoms with van der Waals surface area (Å²) in [4.78, 5) is 20.9. The number of hydrogen-bond donors (Lipinski definition) is 0. The lowest BCUT2D eigenvalue weighted by Gasteiger charge is -2.32. The van der Waals surface area contributed by atoms with Crippen LogP contribution in [0.3, 0.4) is 0 Å². The van der Waals surface area contributed by atoms with Gasteiger partial charge in [0, 0.05) is 19.4 Å². The first-order valence-electron chi connectivity index (χ1n) is 7.68. The molecule has 23 heavy (non-hydrogen) atoms. The van der Waals surface area contributed by atoms with Crippen LogP contribution in [0.15, 0.2) is 12.3 Å². The molecule has 3 rings (SSSR count). The summed E-state index contributed by atoms with van der Waals surface area (Å²) in [5, 5.41) is -0.237. The summed E-state index contributed by atoms with van der Waals surface area (Å²) in [6, 6.07) is 1.59. The molecule has 1 aromatic rings. The second kappa shape index (κ2) is 6.16. The number of ether oxygens (including phenoxy) is 2. The molecule has 2 heterocycles. The van der Waals surface area contributed by atoms with E-state index in [1.807, 2.05) is 0 Å². The van der Waals surface area contributed by atoms with Gasteiger partial charge in [0.1, 0.15) is 11.2 Å². The molecule has 7 nitrogen and oxygen atoms in total. The van der Waals surface area contributed by atoms with Gasteiger partial charge in [-0.25, -0.2) is 18.4 Å². The van der Waals surface area contributed by atoms with Gasteiger partial charge in [-0.05, 0) is 31.7 Å². The Morgan fingerprint density at radius 2 is 2.09 bits per heavy atom. The number of esters is 1. The Kier molecular flexibility index (Phi) is 4.37. The predicted octanol–water partition coefficient (Wildman–Crippen LogP) is 0.775. The van der Waals surface area contributed by atoms with Crippen molar-refractivity contribution in [3.8, 4) is 0 Å². The smallest absolute Gasteiger partial charge is 0.319 e. The molecular formula is C15H20N2O5S. The summed E-state index contributed by atoms with van der Waals surface area (Å²) in [6.45, 7) is 0.839. The highest BCUT2D eigenvalue weighted by Crippen LogP contribution is 2.35. The number of sulfone groups is 1. The van der Waals surface area contributed by atoms with E-state index in [1.165, 1.54) is 13.3 Å². The van der Waals surface area contributed by atoms with Crippen LogP contribution >= 0.6 is 0 Å². The van der Waals surface area contributed by atoms with Crippen molar-refractivity contribution in [1.82, 2.24) is 9.97 Å². The lowest BCUT2D eigenvalue weighted by molar-refractivity contribution is -0.152. The highest BCUT2D eigenvalue weighted by molar-refractivity contribution is 7.91. The quantitative estimate of drug-likeness (QED) is 0.731. The summed E-state index contributed by atoms with van der Waals surface area (Å²) in [6.07, 6.45) is 3.82. The number of hydrogen-bond acceptors (Lipinski definition) is 7. The van der Waals surface area contributed by atoms with Crippen LogP contribution in [0, 0.1) is 0 Å². The third-order valence-corrected chi connectivity index (χ3v) is 6.63. The normalized spacial score (nSPS) is 20.9. The van der Waals surface area contributed by atoms with Crippen LogP contribution in [0.4, 0.5) is 0 Å². The predicted molar refractivity (Wildman–Crippen MR) is 81.4 cm³/mol. The third-order valence-electron chi connectivity index (χ3n) is 4.45. The molecule has 2 aliphatic rings. The van der Waals surface area contributed by atoms with Crippen molar-refractivity contribution in [3.63, 3.8) is 0 Å². The summed E-state index contributed by atoms with van der Waals surface area (Å²) in [5.41, 5.74) is -0.525. The maximum Gasteiger partial charge on any atom is 0.319 e. The first-order valence-corrected chi connectivity index (χ1v) is 9.40. The zero-order chi connectivity index (χ0) is 16.5. The molecule has 0 atom stereocenters. The van der Waals surface area contributed by atoms with Gasteiger partial charge in [-0.15, -0.1) is 0 Å². The van der Waals surface area contributed by atoms with Crippen LogP contribution in [0.5, 0.6) is 0 Å². The highest BCUT2D eigenvalue weighted by atomic mass is 32.2. The van der Waals surface area contributed by atoms with Crippen molar-refractivity contribution in [2.45, 2.75) is 42.1 Å². The minimum atomic E-state index is -3.16. The van der Waals surface area contributed by atoms with Crippen molar-refractivity contribution < 1.29 is 22.7 Å². The number of rotatable bonds is 5. The summed E-state index contributed by atoms with van der Waals surface area (Å²) < 4.78 is 34.6. The van der Waals surface area contributed by atoms with Gasteiger partial charge in [0.2, 0.25) is 0 Å². The minimum Gasteiger partial charge on any atom is -0.468 e. The third kappa shape index (κ3) is 3.23. The maximum absolute atomic E-state index is 12.3. The van der Waals surface area contributed by atoms with Crippen molar-refractivity contribution in [1.29, 1.82) is 0 Å². The highest BCUT2D eigenvalue weighted by Gasteiger charge is 2.46. The molecular weight excluding hydrogens is 320 g/mol. The van der Waals surface area contributed by atoms with E-state index in [0.717, 1.165) is 12.8 Å². The van der Waals surface area contributed by atoms with E-state index >= 15 is 0 Å². The Balaban J connectivity index is 1.91. The molecule has 0 bridgehead atoms. The Morgan fingerprint density at radius 1 is 1.39 bits per heavy atom.